The van der Waals surface area contributed by atoms with Crippen LogP contribution in [0.25, 0.3) is 0 Å². The van der Waals surface area contributed by atoms with Gasteiger partial charge in [-0.25, -0.2) is 4.39 Å². The highest BCUT2D eigenvalue weighted by Crippen LogP contribution is 2.20. The van der Waals surface area contributed by atoms with E-state index in [4.69, 9.17) is 4.42 Å². The number of aromatic nitrogens is 2. The van der Waals surface area contributed by atoms with Crippen molar-refractivity contribution in [3.63, 3.8) is 0 Å². The zero-order chi connectivity index (χ0) is 16.1. The zero-order valence-corrected chi connectivity index (χ0v) is 13.0. The van der Waals surface area contributed by atoms with E-state index in [0.717, 1.165) is 5.56 Å². The molecule has 2 rings (SSSR count). The van der Waals surface area contributed by atoms with E-state index < -0.39 is 0 Å². The van der Waals surface area contributed by atoms with Crippen molar-refractivity contribution < 1.29 is 13.6 Å². The third-order valence-electron chi connectivity index (χ3n) is 3.16. The van der Waals surface area contributed by atoms with Crippen molar-refractivity contribution in [1.82, 2.24) is 15.5 Å². The first-order valence-electron chi connectivity index (χ1n) is 7.28. The van der Waals surface area contributed by atoms with Crippen LogP contribution in [-0.4, -0.2) is 16.1 Å². The smallest absolute Gasteiger partial charge is 0.238 e. The van der Waals surface area contributed by atoms with Gasteiger partial charge < -0.3 is 9.73 Å². The summed E-state index contributed by atoms with van der Waals surface area (Å²) < 4.78 is 18.3. The van der Waals surface area contributed by atoms with Gasteiger partial charge in [0.1, 0.15) is 11.9 Å². The normalized spacial score (nSPS) is 12.4. The van der Waals surface area contributed by atoms with Crippen LogP contribution >= 0.6 is 0 Å². The van der Waals surface area contributed by atoms with E-state index >= 15 is 0 Å². The first-order valence-corrected chi connectivity index (χ1v) is 7.28. The molecule has 0 bridgehead atoms. The Hall–Kier alpha value is -2.24. The van der Waals surface area contributed by atoms with Crippen molar-refractivity contribution in [1.29, 1.82) is 0 Å². The zero-order valence-electron chi connectivity index (χ0n) is 13.0. The summed E-state index contributed by atoms with van der Waals surface area (Å²) in [6.07, 6.45) is 0.888. The Balaban J connectivity index is 2.03. The number of amides is 1. The minimum absolute atomic E-state index is 0.159. The Kier molecular flexibility index (Phi) is 5.25. The molecule has 118 valence electrons. The van der Waals surface area contributed by atoms with E-state index in [0.29, 0.717) is 24.1 Å². The molecule has 0 radical (unpaired) electrons. The fraction of sp³-hybridized carbons (Fsp3) is 0.438. The van der Waals surface area contributed by atoms with E-state index in [1.165, 1.54) is 12.1 Å². The van der Waals surface area contributed by atoms with Crippen LogP contribution in [0.2, 0.25) is 0 Å². The molecule has 1 atom stereocenters. The summed E-state index contributed by atoms with van der Waals surface area (Å²) in [7, 11) is 0. The van der Waals surface area contributed by atoms with Crippen LogP contribution in [0.4, 0.5) is 4.39 Å². The third-order valence-corrected chi connectivity index (χ3v) is 3.16. The first-order chi connectivity index (χ1) is 10.4. The molecule has 6 heteroatoms. The van der Waals surface area contributed by atoms with Crippen LogP contribution in [0.3, 0.4) is 0 Å². The van der Waals surface area contributed by atoms with Crippen molar-refractivity contribution in [2.45, 2.75) is 39.7 Å². The molecular weight excluding hydrogens is 285 g/mol. The van der Waals surface area contributed by atoms with Gasteiger partial charge in [0.2, 0.25) is 17.7 Å². The second-order valence-corrected chi connectivity index (χ2v) is 5.71. The van der Waals surface area contributed by atoms with E-state index in [1.807, 2.05) is 0 Å². The van der Waals surface area contributed by atoms with Gasteiger partial charge >= 0.3 is 0 Å². The number of carbonyl (C=O) groups is 1. The van der Waals surface area contributed by atoms with Gasteiger partial charge in [-0.1, -0.05) is 26.0 Å². The van der Waals surface area contributed by atoms with Crippen LogP contribution in [0.1, 0.15) is 43.7 Å². The minimum atomic E-state index is -0.317. The van der Waals surface area contributed by atoms with Gasteiger partial charge in [0.15, 0.2) is 0 Å². The quantitative estimate of drug-likeness (QED) is 0.891. The highest BCUT2D eigenvalue weighted by atomic mass is 19.1. The lowest BCUT2D eigenvalue weighted by Gasteiger charge is -2.17. The molecule has 1 heterocycles. The summed E-state index contributed by atoms with van der Waals surface area (Å²) >= 11 is 0. The molecular formula is C16H20FN3O2. The predicted octanol–water partition coefficient (Wildman–Crippen LogP) is 2.96. The van der Waals surface area contributed by atoms with Crippen LogP contribution in [0.15, 0.2) is 28.7 Å². The summed E-state index contributed by atoms with van der Waals surface area (Å²) in [5.41, 5.74) is 0.754. The number of carbonyl (C=O) groups excluding carboxylic acids is 1. The summed E-state index contributed by atoms with van der Waals surface area (Å²) in [6.45, 7) is 5.83. The summed E-state index contributed by atoms with van der Waals surface area (Å²) in [4.78, 5) is 12.2. The lowest BCUT2D eigenvalue weighted by Crippen LogP contribution is -2.31. The van der Waals surface area contributed by atoms with E-state index in [9.17, 15) is 9.18 Å². The maximum atomic E-state index is 12.9. The molecule has 0 saturated heterocycles. The summed E-state index contributed by atoms with van der Waals surface area (Å²) in [5.74, 6) is 0.773. The Morgan fingerprint density at radius 3 is 2.50 bits per heavy atom. The second-order valence-electron chi connectivity index (χ2n) is 5.71. The lowest BCUT2D eigenvalue weighted by atomic mass is 10.0. The number of hydrogen-bond acceptors (Lipinski definition) is 4. The molecule has 2 aromatic rings. The largest absolute Gasteiger partial charge is 0.423 e. The molecule has 0 aliphatic rings. The molecule has 1 aromatic carbocycles. The van der Waals surface area contributed by atoms with Crippen LogP contribution in [-0.2, 0) is 11.2 Å². The van der Waals surface area contributed by atoms with Gasteiger partial charge in [-0.2, -0.15) is 0 Å². The lowest BCUT2D eigenvalue weighted by molar-refractivity contribution is -0.121. The van der Waals surface area contributed by atoms with Crippen LogP contribution < -0.4 is 5.32 Å². The first kappa shape index (κ1) is 16.1. The van der Waals surface area contributed by atoms with E-state index in [1.54, 1.807) is 19.1 Å². The van der Waals surface area contributed by atoms with Gasteiger partial charge in [-0.05, 0) is 30.0 Å². The molecule has 1 amide bonds. The van der Waals surface area contributed by atoms with Crippen LogP contribution in [0, 0.1) is 18.7 Å². The molecule has 0 saturated carbocycles. The SMILES string of the molecule is Cc1nnc(C(CC(C)C)NC(=O)Cc2ccc(F)cc2)o1. The molecule has 1 aromatic heterocycles. The average molecular weight is 305 g/mol. The Morgan fingerprint density at radius 2 is 1.95 bits per heavy atom. The highest BCUT2D eigenvalue weighted by molar-refractivity contribution is 5.78. The maximum Gasteiger partial charge on any atom is 0.238 e. The third kappa shape index (κ3) is 4.65. The summed E-state index contributed by atoms with van der Waals surface area (Å²) in [6, 6.07) is 5.58. The Morgan fingerprint density at radius 1 is 1.27 bits per heavy atom. The topological polar surface area (TPSA) is 68.0 Å². The van der Waals surface area contributed by atoms with Gasteiger partial charge in [0.05, 0.1) is 6.42 Å². The number of nitrogens with one attached hydrogen (secondary N) is 1. The number of hydrogen-bond donors (Lipinski definition) is 1. The molecule has 1 unspecified atom stereocenters. The minimum Gasteiger partial charge on any atom is -0.423 e. The standard InChI is InChI=1S/C16H20FN3O2/c1-10(2)8-14(16-20-19-11(3)22-16)18-15(21)9-12-4-6-13(17)7-5-12/h4-7,10,14H,8-9H2,1-3H3,(H,18,21). The number of nitrogens with zero attached hydrogens (tertiary/aromatic N) is 2. The fourth-order valence-corrected chi connectivity index (χ4v) is 2.18. The van der Waals surface area contributed by atoms with Crippen molar-refractivity contribution in [2.24, 2.45) is 5.92 Å². The van der Waals surface area contributed by atoms with Crippen LogP contribution in [0.5, 0.6) is 0 Å². The number of aryl methyl sites for hydroxylation is 1. The van der Waals surface area contributed by atoms with Gasteiger partial charge in [-0.3, -0.25) is 4.79 Å². The fourth-order valence-electron chi connectivity index (χ4n) is 2.18. The molecule has 0 aliphatic carbocycles. The van der Waals surface area contributed by atoms with Crippen molar-refractivity contribution in [3.05, 3.63) is 47.4 Å². The van der Waals surface area contributed by atoms with E-state index in [-0.39, 0.29) is 24.2 Å². The number of rotatable bonds is 6. The molecule has 1 N–H and O–H groups in total. The molecule has 22 heavy (non-hydrogen) atoms. The Labute approximate surface area is 128 Å². The average Bonchev–Trinajstić information content (AvgIpc) is 2.87. The molecule has 0 spiro atoms. The number of benzene rings is 1. The maximum absolute atomic E-state index is 12.9. The van der Waals surface area contributed by atoms with Crippen molar-refractivity contribution >= 4 is 5.91 Å². The molecule has 0 fully saturated rings. The number of halogens is 1. The van der Waals surface area contributed by atoms with Gasteiger partial charge in [-0.15, -0.1) is 10.2 Å². The highest BCUT2D eigenvalue weighted by Gasteiger charge is 2.21. The van der Waals surface area contributed by atoms with Gasteiger partial charge in [0, 0.05) is 6.92 Å². The van der Waals surface area contributed by atoms with Crippen molar-refractivity contribution in [3.8, 4) is 0 Å². The van der Waals surface area contributed by atoms with E-state index in [2.05, 4.69) is 29.4 Å². The van der Waals surface area contributed by atoms with Crippen molar-refractivity contribution in [2.75, 3.05) is 0 Å². The Bertz CT molecular complexity index is 623. The molecule has 5 nitrogen and oxygen atoms in total. The second kappa shape index (κ2) is 7.15. The monoisotopic (exact) mass is 305 g/mol. The van der Waals surface area contributed by atoms with Gasteiger partial charge in [0.25, 0.3) is 0 Å². The summed E-state index contributed by atoms with van der Waals surface area (Å²) in [5, 5.41) is 10.7. The predicted molar refractivity (Wildman–Crippen MR) is 79.5 cm³/mol. The molecule has 0 aliphatic heterocycles.